The fourth-order valence-corrected chi connectivity index (χ4v) is 6.03. The van der Waals surface area contributed by atoms with Gasteiger partial charge in [0.25, 0.3) is 5.91 Å². The number of H-pyrrole nitrogens is 1. The summed E-state index contributed by atoms with van der Waals surface area (Å²) in [5, 5.41) is 16.6. The minimum Gasteiger partial charge on any atom is -0.383 e. The number of nitrogens with one attached hydrogen (secondary N) is 4. The zero-order valence-corrected chi connectivity index (χ0v) is 20.2. The molecule has 1 atom stereocenters. The number of aromatic amines is 1. The molecule has 1 aromatic heterocycles. The molecule has 2 aliphatic rings. The normalized spacial score (nSPS) is 18.1. The maximum atomic E-state index is 13.7. The van der Waals surface area contributed by atoms with Crippen molar-refractivity contribution in [2.45, 2.75) is 36.7 Å². The molecule has 2 aliphatic heterocycles. The van der Waals surface area contributed by atoms with E-state index in [4.69, 9.17) is 0 Å². The first-order valence-corrected chi connectivity index (χ1v) is 13.2. The number of benzene rings is 2. The SMILES string of the molecule is O=C(Nc1n[nH]c2c1CN(S(=O)(=O)c1cc(F)cc(F)c1)CC2)c1ccccc1NCC1CCCN1. The first-order chi connectivity index (χ1) is 17.3. The largest absolute Gasteiger partial charge is 0.383 e. The van der Waals surface area contributed by atoms with Crippen LogP contribution in [0.1, 0.15) is 34.5 Å². The van der Waals surface area contributed by atoms with Crippen molar-refractivity contribution < 1.29 is 22.0 Å². The second-order valence-corrected chi connectivity index (χ2v) is 10.8. The van der Waals surface area contributed by atoms with Gasteiger partial charge in [-0.1, -0.05) is 12.1 Å². The van der Waals surface area contributed by atoms with Gasteiger partial charge in [-0.15, -0.1) is 0 Å². The van der Waals surface area contributed by atoms with Gasteiger partial charge in [0.05, 0.1) is 10.5 Å². The summed E-state index contributed by atoms with van der Waals surface area (Å²) in [7, 11) is -4.16. The van der Waals surface area contributed by atoms with E-state index in [1.807, 2.05) is 12.1 Å². The third kappa shape index (κ3) is 4.97. The number of para-hydroxylation sites is 1. The Labute approximate surface area is 207 Å². The summed E-state index contributed by atoms with van der Waals surface area (Å²) in [6.45, 7) is 1.68. The van der Waals surface area contributed by atoms with Crippen LogP contribution < -0.4 is 16.0 Å². The number of fused-ring (bicyclic) bond motifs is 1. The summed E-state index contributed by atoms with van der Waals surface area (Å²) >= 11 is 0. The van der Waals surface area contributed by atoms with Crippen LogP contribution >= 0.6 is 0 Å². The number of halogens is 2. The molecule has 3 heterocycles. The zero-order valence-electron chi connectivity index (χ0n) is 19.4. The fraction of sp³-hybridized carbons (Fsp3) is 0.333. The van der Waals surface area contributed by atoms with Gasteiger partial charge in [0, 0.05) is 55.1 Å². The number of amides is 1. The van der Waals surface area contributed by atoms with Gasteiger partial charge in [-0.05, 0) is 43.7 Å². The lowest BCUT2D eigenvalue weighted by Crippen LogP contribution is -2.36. The molecule has 3 aromatic rings. The van der Waals surface area contributed by atoms with Crippen LogP contribution in [0.4, 0.5) is 20.3 Å². The maximum Gasteiger partial charge on any atom is 0.258 e. The number of hydrogen-bond acceptors (Lipinski definition) is 6. The van der Waals surface area contributed by atoms with E-state index in [1.165, 1.54) is 0 Å². The highest BCUT2D eigenvalue weighted by molar-refractivity contribution is 7.89. The van der Waals surface area contributed by atoms with Crippen LogP contribution in [-0.4, -0.2) is 54.5 Å². The number of nitrogens with zero attached hydrogens (tertiary/aromatic N) is 2. The number of hydrogen-bond donors (Lipinski definition) is 4. The van der Waals surface area contributed by atoms with Gasteiger partial charge < -0.3 is 16.0 Å². The molecule has 1 unspecified atom stereocenters. The Kier molecular flexibility index (Phi) is 6.73. The Hall–Kier alpha value is -3.35. The molecule has 12 heteroatoms. The molecule has 4 N–H and O–H groups in total. The number of aromatic nitrogens is 2. The molecule has 0 aliphatic carbocycles. The molecule has 1 amide bonds. The standard InChI is InChI=1S/C24H26F2N6O3S/c25-15-10-16(26)12-18(11-15)36(34,35)32-9-7-22-20(14-32)23(31-30-22)29-24(33)19-5-1-2-6-21(19)28-13-17-4-3-8-27-17/h1-2,5-6,10-12,17,27-28H,3-4,7-9,13-14H2,(H2,29,30,31,33). The first-order valence-electron chi connectivity index (χ1n) is 11.7. The zero-order chi connectivity index (χ0) is 25.3. The van der Waals surface area contributed by atoms with Crippen LogP contribution in [0.2, 0.25) is 0 Å². The number of rotatable bonds is 7. The number of carbonyl (C=O) groups is 1. The topological polar surface area (TPSA) is 119 Å². The average molecular weight is 517 g/mol. The summed E-state index contributed by atoms with van der Waals surface area (Å²) in [5.41, 5.74) is 2.32. The van der Waals surface area contributed by atoms with E-state index in [-0.39, 0.29) is 24.8 Å². The van der Waals surface area contributed by atoms with Crippen molar-refractivity contribution >= 4 is 27.4 Å². The summed E-state index contributed by atoms with van der Waals surface area (Å²) in [6, 6.07) is 9.68. The van der Waals surface area contributed by atoms with Crippen LogP contribution in [-0.2, 0) is 23.0 Å². The Morgan fingerprint density at radius 1 is 1.17 bits per heavy atom. The number of anilines is 2. The van der Waals surface area contributed by atoms with Crippen molar-refractivity contribution in [1.82, 2.24) is 19.8 Å². The van der Waals surface area contributed by atoms with Crippen LogP contribution in [0.15, 0.2) is 47.4 Å². The second kappa shape index (κ2) is 9.96. The van der Waals surface area contributed by atoms with Gasteiger partial charge in [-0.3, -0.25) is 9.89 Å². The summed E-state index contributed by atoms with van der Waals surface area (Å²) in [6.07, 6.45) is 2.50. The quantitative estimate of drug-likeness (QED) is 0.384. The van der Waals surface area contributed by atoms with E-state index in [0.29, 0.717) is 47.6 Å². The van der Waals surface area contributed by atoms with Gasteiger partial charge in [0.1, 0.15) is 11.6 Å². The highest BCUT2D eigenvalue weighted by atomic mass is 32.2. The molecule has 0 bridgehead atoms. The molecule has 1 fully saturated rings. The maximum absolute atomic E-state index is 13.7. The van der Waals surface area contributed by atoms with E-state index in [1.54, 1.807) is 12.1 Å². The van der Waals surface area contributed by atoms with Crippen molar-refractivity contribution in [3.63, 3.8) is 0 Å². The van der Waals surface area contributed by atoms with E-state index in [2.05, 4.69) is 26.1 Å². The molecule has 9 nitrogen and oxygen atoms in total. The van der Waals surface area contributed by atoms with Gasteiger partial charge in [-0.2, -0.15) is 9.40 Å². The molecular weight excluding hydrogens is 490 g/mol. The van der Waals surface area contributed by atoms with Crippen molar-refractivity contribution in [2.24, 2.45) is 0 Å². The van der Waals surface area contributed by atoms with Gasteiger partial charge >= 0.3 is 0 Å². The Bertz CT molecular complexity index is 1370. The van der Waals surface area contributed by atoms with Crippen molar-refractivity contribution in [3.05, 3.63) is 70.9 Å². The van der Waals surface area contributed by atoms with E-state index >= 15 is 0 Å². The fourth-order valence-electron chi connectivity index (χ4n) is 4.58. The predicted molar refractivity (Wildman–Crippen MR) is 130 cm³/mol. The van der Waals surface area contributed by atoms with Crippen molar-refractivity contribution in [1.29, 1.82) is 0 Å². The third-order valence-electron chi connectivity index (χ3n) is 6.48. The molecule has 0 radical (unpaired) electrons. The smallest absolute Gasteiger partial charge is 0.258 e. The summed E-state index contributed by atoms with van der Waals surface area (Å²) < 4.78 is 54.6. The Morgan fingerprint density at radius 2 is 1.94 bits per heavy atom. The van der Waals surface area contributed by atoms with E-state index in [9.17, 15) is 22.0 Å². The average Bonchev–Trinajstić information content (AvgIpc) is 3.52. The minimum atomic E-state index is -4.16. The first kappa shape index (κ1) is 24.3. The third-order valence-corrected chi connectivity index (χ3v) is 8.30. The van der Waals surface area contributed by atoms with Crippen LogP contribution in [0.3, 0.4) is 0 Å². The molecule has 0 spiro atoms. The number of carbonyl (C=O) groups excluding carboxylic acids is 1. The monoisotopic (exact) mass is 516 g/mol. The van der Waals surface area contributed by atoms with Gasteiger partial charge in [-0.25, -0.2) is 17.2 Å². The van der Waals surface area contributed by atoms with Crippen molar-refractivity contribution in [3.8, 4) is 0 Å². The Morgan fingerprint density at radius 3 is 2.69 bits per heavy atom. The molecule has 0 saturated carbocycles. The van der Waals surface area contributed by atoms with E-state index in [0.717, 1.165) is 35.8 Å². The van der Waals surface area contributed by atoms with Crippen LogP contribution in [0, 0.1) is 11.6 Å². The van der Waals surface area contributed by atoms with Gasteiger partial charge in [0.15, 0.2) is 5.82 Å². The minimum absolute atomic E-state index is 0.102. The molecule has 1 saturated heterocycles. The lowest BCUT2D eigenvalue weighted by Gasteiger charge is -2.26. The molecule has 2 aromatic carbocycles. The van der Waals surface area contributed by atoms with Crippen LogP contribution in [0.5, 0.6) is 0 Å². The van der Waals surface area contributed by atoms with Crippen LogP contribution in [0.25, 0.3) is 0 Å². The van der Waals surface area contributed by atoms with Gasteiger partial charge in [0.2, 0.25) is 10.0 Å². The predicted octanol–water partition coefficient (Wildman–Crippen LogP) is 2.85. The summed E-state index contributed by atoms with van der Waals surface area (Å²) in [5.74, 6) is -2.12. The molecule has 36 heavy (non-hydrogen) atoms. The second-order valence-electron chi connectivity index (χ2n) is 8.90. The summed E-state index contributed by atoms with van der Waals surface area (Å²) in [4.78, 5) is 12.7. The van der Waals surface area contributed by atoms with E-state index < -0.39 is 26.6 Å². The Balaban J connectivity index is 1.33. The highest BCUT2D eigenvalue weighted by Crippen LogP contribution is 2.29. The van der Waals surface area contributed by atoms with Crippen molar-refractivity contribution in [2.75, 3.05) is 30.3 Å². The molecule has 5 rings (SSSR count). The molecule has 190 valence electrons. The number of sulfonamides is 1. The highest BCUT2D eigenvalue weighted by Gasteiger charge is 2.32. The molecular formula is C24H26F2N6O3S. The lowest BCUT2D eigenvalue weighted by molar-refractivity contribution is 0.102. The lowest BCUT2D eigenvalue weighted by atomic mass is 10.1.